The fraction of sp³-hybridized carbons (Fsp3) is 0.133. The van der Waals surface area contributed by atoms with Crippen molar-refractivity contribution in [1.82, 2.24) is 5.32 Å². The van der Waals surface area contributed by atoms with E-state index in [-0.39, 0.29) is 0 Å². The molecular formula is C15H10Cl6N2O. The predicted octanol–water partition coefficient (Wildman–Crippen LogP) is 6.19. The molecule has 0 fully saturated rings. The van der Waals surface area contributed by atoms with Crippen molar-refractivity contribution >= 4 is 81.2 Å². The lowest BCUT2D eigenvalue weighted by Gasteiger charge is -2.27. The maximum atomic E-state index is 12.3. The van der Waals surface area contributed by atoms with E-state index in [1.54, 1.807) is 36.4 Å². The highest BCUT2D eigenvalue weighted by atomic mass is 35.6. The molecular weight excluding hydrogens is 437 g/mol. The van der Waals surface area contributed by atoms with Crippen LogP contribution in [0.4, 0.5) is 5.69 Å². The Balaban J connectivity index is 2.19. The summed E-state index contributed by atoms with van der Waals surface area (Å²) in [5.41, 5.74) is 0.852. The first-order valence-electron chi connectivity index (χ1n) is 6.51. The molecule has 2 aromatic rings. The monoisotopic (exact) mass is 444 g/mol. The summed E-state index contributed by atoms with van der Waals surface area (Å²) in [7, 11) is 0. The lowest BCUT2D eigenvalue weighted by molar-refractivity contribution is 0.0942. The molecule has 0 aliphatic heterocycles. The van der Waals surface area contributed by atoms with Gasteiger partial charge in [0.25, 0.3) is 5.91 Å². The molecule has 2 rings (SSSR count). The Bertz CT molecular complexity index is 747. The van der Waals surface area contributed by atoms with Crippen LogP contribution in [0.1, 0.15) is 10.4 Å². The van der Waals surface area contributed by atoms with E-state index < -0.39 is 15.9 Å². The Morgan fingerprint density at radius 2 is 1.67 bits per heavy atom. The van der Waals surface area contributed by atoms with Crippen molar-refractivity contribution in [2.45, 2.75) is 9.96 Å². The van der Waals surface area contributed by atoms with Gasteiger partial charge in [-0.2, -0.15) is 0 Å². The van der Waals surface area contributed by atoms with E-state index in [0.29, 0.717) is 26.3 Å². The van der Waals surface area contributed by atoms with E-state index in [1.807, 2.05) is 0 Å². The Kier molecular flexibility index (Phi) is 6.77. The molecule has 1 amide bonds. The molecule has 0 unspecified atom stereocenters. The molecule has 3 nitrogen and oxygen atoms in total. The average Bonchev–Trinajstić information content (AvgIpc) is 2.49. The first-order valence-corrected chi connectivity index (χ1v) is 8.78. The minimum Gasteiger partial charge on any atom is -0.362 e. The zero-order chi connectivity index (χ0) is 17.9. The third-order valence-corrected chi connectivity index (χ3v) is 4.55. The van der Waals surface area contributed by atoms with Gasteiger partial charge < -0.3 is 10.6 Å². The second-order valence-electron chi connectivity index (χ2n) is 4.73. The van der Waals surface area contributed by atoms with Crippen LogP contribution in [0.3, 0.4) is 0 Å². The molecule has 0 aliphatic rings. The molecule has 1 atom stereocenters. The highest BCUT2D eigenvalue weighted by Crippen LogP contribution is 2.32. The molecule has 2 aromatic carbocycles. The number of rotatable bonds is 4. The van der Waals surface area contributed by atoms with Crippen molar-refractivity contribution in [3.8, 4) is 0 Å². The maximum absolute atomic E-state index is 12.3. The SMILES string of the molecule is O=C(N[C@H](Nc1ccc(Cl)c(Cl)c1)C(Cl)(Cl)Cl)c1cccc(Cl)c1. The van der Waals surface area contributed by atoms with Gasteiger partial charge in [0, 0.05) is 16.3 Å². The summed E-state index contributed by atoms with van der Waals surface area (Å²) in [6.07, 6.45) is -1.02. The van der Waals surface area contributed by atoms with Crippen LogP contribution in [0.5, 0.6) is 0 Å². The Labute approximate surface area is 169 Å². The van der Waals surface area contributed by atoms with E-state index in [9.17, 15) is 4.79 Å². The molecule has 9 heteroatoms. The van der Waals surface area contributed by atoms with Crippen molar-refractivity contribution in [3.63, 3.8) is 0 Å². The fourth-order valence-electron chi connectivity index (χ4n) is 1.80. The number of halogens is 6. The van der Waals surface area contributed by atoms with Crippen molar-refractivity contribution < 1.29 is 4.79 Å². The molecule has 0 aromatic heterocycles. The first kappa shape index (κ1) is 19.8. The number of carbonyl (C=O) groups is 1. The van der Waals surface area contributed by atoms with Crippen LogP contribution in [0.15, 0.2) is 42.5 Å². The topological polar surface area (TPSA) is 41.1 Å². The smallest absolute Gasteiger partial charge is 0.253 e. The summed E-state index contributed by atoms with van der Waals surface area (Å²) in [5, 5.41) is 6.63. The van der Waals surface area contributed by atoms with Crippen LogP contribution in [-0.2, 0) is 0 Å². The second kappa shape index (κ2) is 8.22. The third-order valence-electron chi connectivity index (χ3n) is 2.92. The molecule has 0 radical (unpaired) electrons. The number of hydrogen-bond acceptors (Lipinski definition) is 2. The summed E-state index contributed by atoms with van der Waals surface area (Å²) in [6, 6.07) is 11.2. The molecule has 128 valence electrons. The standard InChI is InChI=1S/C15H10Cl6N2O/c16-9-3-1-2-8(6-9)13(24)23-14(15(19,20)21)22-10-4-5-11(17)12(18)7-10/h1-7,14,22H,(H,23,24)/t14-/m0/s1. The van der Waals surface area contributed by atoms with Crippen molar-refractivity contribution in [2.75, 3.05) is 5.32 Å². The third kappa shape index (κ3) is 5.48. The van der Waals surface area contributed by atoms with Crippen molar-refractivity contribution in [3.05, 3.63) is 63.1 Å². The fourth-order valence-corrected chi connectivity index (χ4v) is 2.61. The van der Waals surface area contributed by atoms with Crippen molar-refractivity contribution in [1.29, 1.82) is 0 Å². The molecule has 0 saturated carbocycles. The van der Waals surface area contributed by atoms with E-state index in [4.69, 9.17) is 69.6 Å². The number of hydrogen-bond donors (Lipinski definition) is 2. The number of nitrogens with one attached hydrogen (secondary N) is 2. The summed E-state index contributed by atoms with van der Waals surface area (Å²) in [5.74, 6) is -0.457. The molecule has 0 heterocycles. The van der Waals surface area contributed by atoms with Crippen LogP contribution < -0.4 is 10.6 Å². The minimum absolute atomic E-state index is 0.325. The van der Waals surface area contributed by atoms with Gasteiger partial charge in [0.2, 0.25) is 3.79 Å². The largest absolute Gasteiger partial charge is 0.362 e. The Hall–Kier alpha value is -0.550. The molecule has 0 bridgehead atoms. The quantitative estimate of drug-likeness (QED) is 0.434. The zero-order valence-corrected chi connectivity index (χ0v) is 16.3. The zero-order valence-electron chi connectivity index (χ0n) is 11.8. The predicted molar refractivity (Wildman–Crippen MR) is 103 cm³/mol. The minimum atomic E-state index is -1.82. The highest BCUT2D eigenvalue weighted by Gasteiger charge is 2.34. The maximum Gasteiger partial charge on any atom is 0.253 e. The van der Waals surface area contributed by atoms with Gasteiger partial charge in [-0.05, 0) is 36.4 Å². The summed E-state index contributed by atoms with van der Waals surface area (Å²) in [4.78, 5) is 12.3. The van der Waals surface area contributed by atoms with Gasteiger partial charge in [-0.25, -0.2) is 0 Å². The van der Waals surface area contributed by atoms with Gasteiger partial charge in [0.1, 0.15) is 6.17 Å². The first-order chi connectivity index (χ1) is 11.2. The van der Waals surface area contributed by atoms with Gasteiger partial charge in [-0.1, -0.05) is 75.7 Å². The van der Waals surface area contributed by atoms with Crippen LogP contribution >= 0.6 is 69.6 Å². The van der Waals surface area contributed by atoms with E-state index >= 15 is 0 Å². The summed E-state index contributed by atoms with van der Waals surface area (Å²) < 4.78 is -1.82. The van der Waals surface area contributed by atoms with Gasteiger partial charge in [0.15, 0.2) is 0 Å². The van der Waals surface area contributed by atoms with Crippen LogP contribution in [-0.4, -0.2) is 15.9 Å². The molecule has 2 N–H and O–H groups in total. The highest BCUT2D eigenvalue weighted by molar-refractivity contribution is 6.68. The van der Waals surface area contributed by atoms with Gasteiger partial charge in [-0.15, -0.1) is 0 Å². The lowest BCUT2D eigenvalue weighted by Crippen LogP contribution is -2.49. The average molecular weight is 447 g/mol. The Morgan fingerprint density at radius 3 is 2.25 bits per heavy atom. The van der Waals surface area contributed by atoms with E-state index in [2.05, 4.69) is 10.6 Å². The number of alkyl halides is 3. The molecule has 0 spiro atoms. The number of amides is 1. The summed E-state index contributed by atoms with van der Waals surface area (Å²) in [6.45, 7) is 0. The number of benzene rings is 2. The second-order valence-corrected chi connectivity index (χ2v) is 8.35. The van der Waals surface area contributed by atoms with Gasteiger partial charge in [-0.3, -0.25) is 4.79 Å². The number of carbonyl (C=O) groups excluding carboxylic acids is 1. The van der Waals surface area contributed by atoms with E-state index in [1.165, 1.54) is 6.07 Å². The lowest BCUT2D eigenvalue weighted by atomic mass is 10.2. The van der Waals surface area contributed by atoms with Crippen LogP contribution in [0.25, 0.3) is 0 Å². The number of anilines is 1. The summed E-state index contributed by atoms with van der Waals surface area (Å²) >= 11 is 35.6. The molecule has 0 saturated heterocycles. The van der Waals surface area contributed by atoms with E-state index in [0.717, 1.165) is 0 Å². The Morgan fingerprint density at radius 1 is 0.958 bits per heavy atom. The van der Waals surface area contributed by atoms with Gasteiger partial charge >= 0.3 is 0 Å². The molecule has 0 aliphatic carbocycles. The molecule has 24 heavy (non-hydrogen) atoms. The van der Waals surface area contributed by atoms with Crippen LogP contribution in [0, 0.1) is 0 Å². The van der Waals surface area contributed by atoms with Crippen molar-refractivity contribution in [2.24, 2.45) is 0 Å². The van der Waals surface area contributed by atoms with Gasteiger partial charge in [0.05, 0.1) is 10.0 Å². The normalized spacial score (nSPS) is 12.6. The van der Waals surface area contributed by atoms with Crippen LogP contribution in [0.2, 0.25) is 15.1 Å².